The van der Waals surface area contributed by atoms with E-state index in [1.807, 2.05) is 18.2 Å². The maximum atomic E-state index is 5.50. The topological polar surface area (TPSA) is 59.5 Å². The Bertz CT molecular complexity index is 956. The number of hydrogen-bond donors (Lipinski definition) is 1. The Labute approximate surface area is 165 Å². The van der Waals surface area contributed by atoms with Crippen LogP contribution in [-0.4, -0.2) is 37.3 Å². The van der Waals surface area contributed by atoms with Crippen LogP contribution < -0.4 is 19.7 Å². The van der Waals surface area contributed by atoms with E-state index in [-0.39, 0.29) is 6.04 Å². The van der Waals surface area contributed by atoms with Gasteiger partial charge in [0.1, 0.15) is 5.82 Å². The maximum Gasteiger partial charge on any atom is 0.227 e. The fraction of sp³-hybridized carbons (Fsp3) is 0.364. The summed E-state index contributed by atoms with van der Waals surface area (Å²) >= 11 is 0. The number of rotatable bonds is 6. The summed E-state index contributed by atoms with van der Waals surface area (Å²) in [5.74, 6) is 2.91. The molecule has 0 aliphatic carbocycles. The molecule has 0 bridgehead atoms. The minimum atomic E-state index is 0.110. The summed E-state index contributed by atoms with van der Waals surface area (Å²) in [6.45, 7) is 4.12. The van der Waals surface area contributed by atoms with Gasteiger partial charge in [-0.3, -0.25) is 0 Å². The van der Waals surface area contributed by atoms with E-state index in [4.69, 9.17) is 19.4 Å². The molecule has 0 amide bonds. The van der Waals surface area contributed by atoms with Crippen LogP contribution in [0.15, 0.2) is 42.5 Å². The summed E-state index contributed by atoms with van der Waals surface area (Å²) in [6.07, 6.45) is 2.35. The van der Waals surface area contributed by atoms with Crippen molar-refractivity contribution in [1.82, 2.24) is 9.97 Å². The van der Waals surface area contributed by atoms with Gasteiger partial charge in [0.2, 0.25) is 5.95 Å². The fourth-order valence-electron chi connectivity index (χ4n) is 3.64. The Kier molecular flexibility index (Phi) is 5.19. The van der Waals surface area contributed by atoms with E-state index in [9.17, 15) is 0 Å². The molecule has 2 aromatic carbocycles. The highest BCUT2D eigenvalue weighted by molar-refractivity contribution is 5.93. The molecule has 3 aromatic rings. The van der Waals surface area contributed by atoms with Crippen LogP contribution in [0.3, 0.4) is 0 Å². The van der Waals surface area contributed by atoms with Gasteiger partial charge in [-0.2, -0.15) is 4.98 Å². The van der Waals surface area contributed by atoms with Gasteiger partial charge in [-0.05, 0) is 31.4 Å². The van der Waals surface area contributed by atoms with Crippen molar-refractivity contribution in [2.75, 3.05) is 37.5 Å². The molecule has 2 heterocycles. The van der Waals surface area contributed by atoms with E-state index in [2.05, 4.69) is 41.4 Å². The highest BCUT2D eigenvalue weighted by Crippen LogP contribution is 2.36. The second-order valence-electron chi connectivity index (χ2n) is 7.07. The normalized spacial score (nSPS) is 14.9. The first-order valence-corrected chi connectivity index (χ1v) is 9.70. The lowest BCUT2D eigenvalue weighted by Crippen LogP contribution is -2.21. The Morgan fingerprint density at radius 3 is 2.32 bits per heavy atom. The van der Waals surface area contributed by atoms with Crippen molar-refractivity contribution >= 4 is 22.7 Å². The maximum absolute atomic E-state index is 5.50. The van der Waals surface area contributed by atoms with E-state index in [0.717, 1.165) is 35.8 Å². The molecule has 146 valence electrons. The molecule has 6 heteroatoms. The molecule has 1 aromatic heterocycles. The van der Waals surface area contributed by atoms with Crippen LogP contribution in [0, 0.1) is 0 Å². The van der Waals surface area contributed by atoms with Crippen LogP contribution in [0.2, 0.25) is 0 Å². The van der Waals surface area contributed by atoms with Gasteiger partial charge in [0, 0.05) is 30.6 Å². The first-order valence-electron chi connectivity index (χ1n) is 9.70. The second-order valence-corrected chi connectivity index (χ2v) is 7.07. The molecular formula is C22H26N4O2. The Morgan fingerprint density at radius 1 is 0.964 bits per heavy atom. The Hall–Kier alpha value is -3.02. The van der Waals surface area contributed by atoms with E-state index in [0.29, 0.717) is 11.5 Å². The van der Waals surface area contributed by atoms with Gasteiger partial charge in [0.15, 0.2) is 11.5 Å². The number of anilines is 2. The average molecular weight is 378 g/mol. The van der Waals surface area contributed by atoms with Crippen molar-refractivity contribution < 1.29 is 9.47 Å². The molecule has 4 rings (SSSR count). The van der Waals surface area contributed by atoms with Gasteiger partial charge in [-0.25, -0.2) is 4.98 Å². The zero-order valence-electron chi connectivity index (χ0n) is 16.6. The van der Waals surface area contributed by atoms with Crippen LogP contribution in [0.5, 0.6) is 11.5 Å². The number of hydrogen-bond acceptors (Lipinski definition) is 6. The zero-order valence-corrected chi connectivity index (χ0v) is 16.6. The van der Waals surface area contributed by atoms with E-state index < -0.39 is 0 Å². The van der Waals surface area contributed by atoms with Crippen molar-refractivity contribution in [2.45, 2.75) is 25.8 Å². The molecule has 0 spiro atoms. The number of nitrogens with one attached hydrogen (secondary N) is 1. The average Bonchev–Trinajstić information content (AvgIpc) is 3.28. The molecule has 0 radical (unpaired) electrons. The first kappa shape index (κ1) is 18.3. The fourth-order valence-corrected chi connectivity index (χ4v) is 3.64. The van der Waals surface area contributed by atoms with E-state index >= 15 is 0 Å². The minimum Gasteiger partial charge on any atom is -0.493 e. The van der Waals surface area contributed by atoms with Crippen molar-refractivity contribution in [1.29, 1.82) is 0 Å². The molecule has 1 atom stereocenters. The van der Waals surface area contributed by atoms with Gasteiger partial charge in [-0.1, -0.05) is 30.3 Å². The second kappa shape index (κ2) is 7.92. The van der Waals surface area contributed by atoms with Gasteiger partial charge in [0.05, 0.1) is 19.7 Å². The van der Waals surface area contributed by atoms with Crippen molar-refractivity contribution in [3.05, 3.63) is 48.0 Å². The number of aromatic nitrogens is 2. The monoisotopic (exact) mass is 378 g/mol. The SMILES string of the molecule is COc1cc2nc(N3CCCC3)nc(NC(C)c3ccccc3)c2cc1OC. The molecule has 6 nitrogen and oxygen atoms in total. The lowest BCUT2D eigenvalue weighted by atomic mass is 10.1. The number of ether oxygens (including phenoxy) is 2. The van der Waals surface area contributed by atoms with Crippen LogP contribution in [0.25, 0.3) is 10.9 Å². The molecule has 1 aliphatic heterocycles. The van der Waals surface area contributed by atoms with Gasteiger partial charge >= 0.3 is 0 Å². The third-order valence-electron chi connectivity index (χ3n) is 5.23. The summed E-state index contributed by atoms with van der Waals surface area (Å²) in [4.78, 5) is 12.0. The molecule has 28 heavy (non-hydrogen) atoms. The molecule has 1 unspecified atom stereocenters. The third kappa shape index (κ3) is 3.54. The highest BCUT2D eigenvalue weighted by Gasteiger charge is 2.20. The van der Waals surface area contributed by atoms with Gasteiger partial charge < -0.3 is 19.7 Å². The standard InChI is InChI=1S/C22H26N4O2/c1-15(16-9-5-4-6-10-16)23-21-17-13-19(27-2)20(28-3)14-18(17)24-22(25-21)26-11-7-8-12-26/h4-6,9-10,13-15H,7-8,11-12H2,1-3H3,(H,23,24,25). The summed E-state index contributed by atoms with van der Waals surface area (Å²) in [5.41, 5.74) is 2.05. The van der Waals surface area contributed by atoms with E-state index in [1.165, 1.54) is 18.4 Å². The summed E-state index contributed by atoms with van der Waals surface area (Å²) < 4.78 is 11.0. The molecule has 1 fully saturated rings. The highest BCUT2D eigenvalue weighted by atomic mass is 16.5. The molecule has 1 aliphatic rings. The van der Waals surface area contributed by atoms with Crippen LogP contribution >= 0.6 is 0 Å². The largest absolute Gasteiger partial charge is 0.493 e. The van der Waals surface area contributed by atoms with Crippen molar-refractivity contribution in [3.63, 3.8) is 0 Å². The lowest BCUT2D eigenvalue weighted by molar-refractivity contribution is 0.356. The number of fused-ring (bicyclic) bond motifs is 1. The lowest BCUT2D eigenvalue weighted by Gasteiger charge is -2.21. The molecule has 0 saturated carbocycles. The van der Waals surface area contributed by atoms with Crippen molar-refractivity contribution in [2.24, 2.45) is 0 Å². The first-order chi connectivity index (χ1) is 13.7. The minimum absolute atomic E-state index is 0.110. The van der Waals surface area contributed by atoms with Crippen LogP contribution in [0.1, 0.15) is 31.4 Å². The summed E-state index contributed by atoms with van der Waals surface area (Å²) in [7, 11) is 3.28. The van der Waals surface area contributed by atoms with Gasteiger partial charge in [-0.15, -0.1) is 0 Å². The van der Waals surface area contributed by atoms with Gasteiger partial charge in [0.25, 0.3) is 0 Å². The number of methoxy groups -OCH3 is 2. The third-order valence-corrected chi connectivity index (χ3v) is 5.23. The van der Waals surface area contributed by atoms with Crippen LogP contribution in [0.4, 0.5) is 11.8 Å². The summed E-state index contributed by atoms with van der Waals surface area (Å²) in [5, 5.41) is 4.50. The predicted molar refractivity (Wildman–Crippen MR) is 113 cm³/mol. The van der Waals surface area contributed by atoms with Crippen molar-refractivity contribution in [3.8, 4) is 11.5 Å². The molecule has 1 saturated heterocycles. The Balaban J connectivity index is 1.81. The molecular weight excluding hydrogens is 352 g/mol. The van der Waals surface area contributed by atoms with Crippen LogP contribution in [-0.2, 0) is 0 Å². The zero-order chi connectivity index (χ0) is 19.5. The predicted octanol–water partition coefficient (Wildman–Crippen LogP) is 4.42. The number of nitrogens with zero attached hydrogens (tertiary/aromatic N) is 3. The Morgan fingerprint density at radius 2 is 1.64 bits per heavy atom. The quantitative estimate of drug-likeness (QED) is 0.685. The van der Waals surface area contributed by atoms with E-state index in [1.54, 1.807) is 14.2 Å². The molecule has 1 N–H and O–H groups in total. The number of benzene rings is 2. The smallest absolute Gasteiger partial charge is 0.227 e. The summed E-state index contributed by atoms with van der Waals surface area (Å²) in [6, 6.07) is 14.3.